The van der Waals surface area contributed by atoms with E-state index >= 15 is 0 Å². The van der Waals surface area contributed by atoms with Crippen molar-refractivity contribution in [1.82, 2.24) is 10.2 Å². The van der Waals surface area contributed by atoms with E-state index in [1.165, 1.54) is 11.3 Å². The van der Waals surface area contributed by atoms with Crippen LogP contribution in [0.5, 0.6) is 0 Å². The molecular formula is C15H21ClN4OS. The van der Waals surface area contributed by atoms with Crippen molar-refractivity contribution in [3.8, 4) is 0 Å². The molecule has 0 radical (unpaired) electrons. The van der Waals surface area contributed by atoms with Gasteiger partial charge in [0, 0.05) is 12.0 Å². The van der Waals surface area contributed by atoms with Crippen LogP contribution in [-0.4, -0.2) is 16.1 Å². The lowest BCUT2D eigenvalue weighted by molar-refractivity contribution is -0.120. The minimum atomic E-state index is -0.348. The van der Waals surface area contributed by atoms with E-state index in [4.69, 9.17) is 5.73 Å². The topological polar surface area (TPSA) is 80.9 Å². The second-order valence-corrected chi connectivity index (χ2v) is 6.32. The summed E-state index contributed by atoms with van der Waals surface area (Å²) < 4.78 is 0. The standard InChI is InChI=1S/C15H20N4OS.ClH/c1-9(2)14-18-19-15(21-14)17-13(20)10(3)12(16)11-7-5-4-6-8-11;/h4-10,12H,16H2,1-3H3,(H,17,19,20);1H. The molecule has 120 valence electrons. The molecule has 22 heavy (non-hydrogen) atoms. The minimum Gasteiger partial charge on any atom is -0.323 e. The number of aromatic nitrogens is 2. The van der Waals surface area contributed by atoms with Gasteiger partial charge >= 0.3 is 0 Å². The third-order valence-electron chi connectivity index (χ3n) is 3.30. The first-order valence-electron chi connectivity index (χ1n) is 6.94. The number of rotatable bonds is 5. The molecule has 2 rings (SSSR count). The number of hydrogen-bond acceptors (Lipinski definition) is 5. The number of amides is 1. The molecule has 1 amide bonds. The quantitative estimate of drug-likeness (QED) is 0.874. The highest BCUT2D eigenvalue weighted by Gasteiger charge is 2.23. The fourth-order valence-corrected chi connectivity index (χ4v) is 2.61. The van der Waals surface area contributed by atoms with E-state index in [0.29, 0.717) is 11.0 Å². The third-order valence-corrected chi connectivity index (χ3v) is 4.44. The van der Waals surface area contributed by atoms with Crippen LogP contribution in [0.2, 0.25) is 0 Å². The summed E-state index contributed by atoms with van der Waals surface area (Å²) in [5.41, 5.74) is 7.10. The van der Waals surface area contributed by atoms with E-state index in [1.807, 2.05) is 51.1 Å². The van der Waals surface area contributed by atoms with Crippen LogP contribution < -0.4 is 11.1 Å². The Kier molecular flexibility index (Phi) is 6.93. The monoisotopic (exact) mass is 340 g/mol. The lowest BCUT2D eigenvalue weighted by atomic mass is 9.95. The van der Waals surface area contributed by atoms with Crippen molar-refractivity contribution >= 4 is 34.8 Å². The maximum Gasteiger partial charge on any atom is 0.230 e. The van der Waals surface area contributed by atoms with Crippen LogP contribution in [0.1, 0.15) is 43.3 Å². The molecule has 2 aromatic rings. The predicted octanol–water partition coefficient (Wildman–Crippen LogP) is 3.36. The highest BCUT2D eigenvalue weighted by molar-refractivity contribution is 7.15. The molecule has 3 N–H and O–H groups in total. The second kappa shape index (κ2) is 8.22. The van der Waals surface area contributed by atoms with Crippen LogP contribution in [0.4, 0.5) is 5.13 Å². The molecule has 0 aliphatic heterocycles. The van der Waals surface area contributed by atoms with Crippen LogP contribution in [0.15, 0.2) is 30.3 Å². The maximum absolute atomic E-state index is 12.3. The second-order valence-electron chi connectivity index (χ2n) is 5.31. The smallest absolute Gasteiger partial charge is 0.230 e. The zero-order chi connectivity index (χ0) is 15.4. The molecule has 0 aliphatic rings. The van der Waals surface area contributed by atoms with Crippen molar-refractivity contribution in [2.45, 2.75) is 32.7 Å². The van der Waals surface area contributed by atoms with Crippen LogP contribution in [0.3, 0.4) is 0 Å². The van der Waals surface area contributed by atoms with E-state index in [9.17, 15) is 4.79 Å². The Balaban J connectivity index is 0.00000242. The molecule has 0 aliphatic carbocycles. The summed E-state index contributed by atoms with van der Waals surface area (Å²) in [5, 5.41) is 12.3. The van der Waals surface area contributed by atoms with Gasteiger partial charge in [-0.25, -0.2) is 0 Å². The van der Waals surface area contributed by atoms with E-state index in [-0.39, 0.29) is 30.3 Å². The molecule has 2 atom stereocenters. The largest absolute Gasteiger partial charge is 0.323 e. The van der Waals surface area contributed by atoms with Gasteiger partial charge in [-0.05, 0) is 5.56 Å². The first-order valence-corrected chi connectivity index (χ1v) is 7.75. The number of carbonyl (C=O) groups is 1. The molecule has 1 aromatic carbocycles. The summed E-state index contributed by atoms with van der Waals surface area (Å²) in [6.45, 7) is 5.90. The van der Waals surface area contributed by atoms with Gasteiger partial charge in [0.25, 0.3) is 0 Å². The minimum absolute atomic E-state index is 0. The molecule has 1 heterocycles. The zero-order valence-electron chi connectivity index (χ0n) is 12.8. The molecule has 5 nitrogen and oxygen atoms in total. The van der Waals surface area contributed by atoms with Crippen molar-refractivity contribution in [1.29, 1.82) is 0 Å². The Morgan fingerprint density at radius 3 is 2.36 bits per heavy atom. The molecule has 7 heteroatoms. The van der Waals surface area contributed by atoms with Crippen LogP contribution in [0.25, 0.3) is 0 Å². The number of nitrogens with zero attached hydrogens (tertiary/aromatic N) is 2. The van der Waals surface area contributed by atoms with Crippen molar-refractivity contribution < 1.29 is 4.79 Å². The normalized spacial score (nSPS) is 13.3. The van der Waals surface area contributed by atoms with E-state index in [1.54, 1.807) is 0 Å². The molecule has 2 unspecified atom stereocenters. The summed E-state index contributed by atoms with van der Waals surface area (Å²) >= 11 is 1.40. The predicted molar refractivity (Wildman–Crippen MR) is 92.4 cm³/mol. The Labute approximate surface area is 140 Å². The fourth-order valence-electron chi connectivity index (χ4n) is 1.86. The third kappa shape index (κ3) is 4.50. The Morgan fingerprint density at radius 2 is 1.82 bits per heavy atom. The van der Waals surface area contributed by atoms with Gasteiger partial charge < -0.3 is 11.1 Å². The number of hydrogen-bond donors (Lipinski definition) is 2. The first-order chi connectivity index (χ1) is 9.99. The number of halogens is 1. The Morgan fingerprint density at radius 1 is 1.18 bits per heavy atom. The SMILES string of the molecule is CC(C)c1nnc(NC(=O)C(C)C(N)c2ccccc2)s1.Cl. The number of nitrogens with one attached hydrogen (secondary N) is 1. The zero-order valence-corrected chi connectivity index (χ0v) is 14.4. The van der Waals surface area contributed by atoms with Gasteiger partial charge in [-0.1, -0.05) is 62.4 Å². The van der Waals surface area contributed by atoms with Gasteiger partial charge in [0.2, 0.25) is 11.0 Å². The average Bonchev–Trinajstić information content (AvgIpc) is 2.95. The van der Waals surface area contributed by atoms with Crippen molar-refractivity contribution in [2.24, 2.45) is 11.7 Å². The van der Waals surface area contributed by atoms with Gasteiger partial charge in [-0.3, -0.25) is 4.79 Å². The molecule has 0 saturated heterocycles. The molecule has 0 spiro atoms. The average molecular weight is 341 g/mol. The summed E-state index contributed by atoms with van der Waals surface area (Å²) in [6.07, 6.45) is 0. The number of carbonyl (C=O) groups excluding carboxylic acids is 1. The Hall–Kier alpha value is -1.50. The molecule has 0 saturated carbocycles. The van der Waals surface area contributed by atoms with Crippen molar-refractivity contribution in [3.63, 3.8) is 0 Å². The van der Waals surface area contributed by atoms with Crippen LogP contribution in [-0.2, 0) is 4.79 Å². The fraction of sp³-hybridized carbons (Fsp3) is 0.400. The van der Waals surface area contributed by atoms with Gasteiger partial charge in [0.05, 0.1) is 5.92 Å². The number of benzene rings is 1. The molecular weight excluding hydrogens is 320 g/mol. The summed E-state index contributed by atoms with van der Waals surface area (Å²) in [7, 11) is 0. The van der Waals surface area contributed by atoms with Gasteiger partial charge in [0.15, 0.2) is 0 Å². The number of nitrogens with two attached hydrogens (primary N) is 1. The maximum atomic E-state index is 12.3. The van der Waals surface area contributed by atoms with Crippen molar-refractivity contribution in [3.05, 3.63) is 40.9 Å². The highest BCUT2D eigenvalue weighted by atomic mass is 35.5. The van der Waals surface area contributed by atoms with E-state index in [2.05, 4.69) is 15.5 Å². The molecule has 1 aromatic heterocycles. The van der Waals surface area contributed by atoms with Gasteiger partial charge in [-0.2, -0.15) is 0 Å². The lowest BCUT2D eigenvalue weighted by Gasteiger charge is -2.18. The lowest BCUT2D eigenvalue weighted by Crippen LogP contribution is -2.30. The van der Waals surface area contributed by atoms with Crippen LogP contribution in [0, 0.1) is 5.92 Å². The van der Waals surface area contributed by atoms with Gasteiger partial charge in [-0.15, -0.1) is 22.6 Å². The van der Waals surface area contributed by atoms with Crippen LogP contribution >= 0.6 is 23.7 Å². The van der Waals surface area contributed by atoms with Crippen molar-refractivity contribution in [2.75, 3.05) is 5.32 Å². The Bertz CT molecular complexity index is 603. The summed E-state index contributed by atoms with van der Waals surface area (Å²) in [6, 6.07) is 9.27. The summed E-state index contributed by atoms with van der Waals surface area (Å²) in [4.78, 5) is 12.3. The van der Waals surface area contributed by atoms with E-state index in [0.717, 1.165) is 10.6 Å². The molecule has 0 fully saturated rings. The highest BCUT2D eigenvalue weighted by Crippen LogP contribution is 2.24. The number of anilines is 1. The summed E-state index contributed by atoms with van der Waals surface area (Å²) in [5.74, 6) is -0.186. The van der Waals surface area contributed by atoms with Gasteiger partial charge in [0.1, 0.15) is 5.01 Å². The van der Waals surface area contributed by atoms with E-state index < -0.39 is 0 Å². The molecule has 0 bridgehead atoms. The first kappa shape index (κ1) is 18.5.